The summed E-state index contributed by atoms with van der Waals surface area (Å²) in [5.74, 6) is -1.81. The summed E-state index contributed by atoms with van der Waals surface area (Å²) < 4.78 is 5.39. The van der Waals surface area contributed by atoms with Crippen LogP contribution in [0.2, 0.25) is 0 Å². The number of hydrogen-bond acceptors (Lipinski definition) is 3. The maximum Gasteiger partial charge on any atom is 0.324 e. The first-order valence-corrected chi connectivity index (χ1v) is 6.88. The summed E-state index contributed by atoms with van der Waals surface area (Å²) in [7, 11) is 0. The molecule has 0 amide bonds. The van der Waals surface area contributed by atoms with Gasteiger partial charge in [0.15, 0.2) is 5.41 Å². The van der Waals surface area contributed by atoms with Gasteiger partial charge in [-0.1, -0.05) is 27.2 Å². The smallest absolute Gasteiger partial charge is 0.324 e. The fourth-order valence-corrected chi connectivity index (χ4v) is 3.13. The molecule has 1 saturated carbocycles. The highest BCUT2D eigenvalue weighted by molar-refractivity contribution is 6.00. The third-order valence-corrected chi connectivity index (χ3v) is 3.85. The summed E-state index contributed by atoms with van der Waals surface area (Å²) >= 11 is 0. The molecule has 110 valence electrons. The van der Waals surface area contributed by atoms with Gasteiger partial charge in [-0.05, 0) is 44.9 Å². The van der Waals surface area contributed by atoms with E-state index < -0.39 is 23.0 Å². The van der Waals surface area contributed by atoms with Crippen LogP contribution in [0.5, 0.6) is 0 Å². The largest absolute Gasteiger partial charge is 0.480 e. The molecule has 1 N–H and O–H groups in total. The first-order valence-electron chi connectivity index (χ1n) is 6.88. The second-order valence-corrected chi connectivity index (χ2v) is 7.59. The summed E-state index contributed by atoms with van der Waals surface area (Å²) in [5.41, 5.74) is -2.28. The average Bonchev–Trinajstić information content (AvgIpc) is 2.58. The van der Waals surface area contributed by atoms with Crippen LogP contribution in [0, 0.1) is 16.7 Å². The number of carboxylic acid groups (broad SMARTS) is 1. The van der Waals surface area contributed by atoms with Crippen LogP contribution in [-0.2, 0) is 14.3 Å². The van der Waals surface area contributed by atoms with Crippen molar-refractivity contribution in [2.45, 2.75) is 66.4 Å². The maximum absolute atomic E-state index is 12.5. The topological polar surface area (TPSA) is 63.6 Å². The Hall–Kier alpha value is -1.06. The SMILES string of the molecule is CC(C)(C)OC(=O)C1(C(=O)O)CCCC1C(C)(C)C. The Labute approximate surface area is 115 Å². The molecule has 0 aromatic heterocycles. The lowest BCUT2D eigenvalue weighted by atomic mass is 9.65. The summed E-state index contributed by atoms with van der Waals surface area (Å²) in [6, 6.07) is 0. The number of carbonyl (C=O) groups is 2. The lowest BCUT2D eigenvalue weighted by Crippen LogP contribution is -2.49. The molecule has 0 aromatic carbocycles. The van der Waals surface area contributed by atoms with Crippen LogP contribution in [0.4, 0.5) is 0 Å². The molecule has 0 heterocycles. The van der Waals surface area contributed by atoms with Crippen LogP contribution in [0.25, 0.3) is 0 Å². The molecule has 0 bridgehead atoms. The molecular weight excluding hydrogens is 244 g/mol. The minimum Gasteiger partial charge on any atom is -0.480 e. The van der Waals surface area contributed by atoms with Gasteiger partial charge in [-0.2, -0.15) is 0 Å². The molecule has 1 fully saturated rings. The van der Waals surface area contributed by atoms with E-state index in [0.717, 1.165) is 12.8 Å². The minimum atomic E-state index is -1.38. The number of ether oxygens (including phenoxy) is 1. The van der Waals surface area contributed by atoms with Crippen LogP contribution < -0.4 is 0 Å². The van der Waals surface area contributed by atoms with Gasteiger partial charge in [0.25, 0.3) is 0 Å². The third kappa shape index (κ3) is 3.10. The molecule has 2 atom stereocenters. The zero-order chi connectivity index (χ0) is 15.1. The highest BCUT2D eigenvalue weighted by Gasteiger charge is 2.60. The number of esters is 1. The highest BCUT2D eigenvalue weighted by atomic mass is 16.6. The molecule has 0 radical (unpaired) electrons. The number of carboxylic acids is 1. The van der Waals surface area contributed by atoms with Crippen molar-refractivity contribution in [3.8, 4) is 0 Å². The molecule has 0 aliphatic heterocycles. The number of hydrogen-bond donors (Lipinski definition) is 1. The second-order valence-electron chi connectivity index (χ2n) is 7.59. The Morgan fingerprint density at radius 1 is 1.16 bits per heavy atom. The lowest BCUT2D eigenvalue weighted by Gasteiger charge is -2.39. The third-order valence-electron chi connectivity index (χ3n) is 3.85. The van der Waals surface area contributed by atoms with Crippen molar-refractivity contribution in [2.75, 3.05) is 0 Å². The van der Waals surface area contributed by atoms with E-state index >= 15 is 0 Å². The number of carbonyl (C=O) groups excluding carboxylic acids is 1. The lowest BCUT2D eigenvalue weighted by molar-refractivity contribution is -0.183. The van der Waals surface area contributed by atoms with Crippen molar-refractivity contribution >= 4 is 11.9 Å². The van der Waals surface area contributed by atoms with Crippen molar-refractivity contribution < 1.29 is 19.4 Å². The van der Waals surface area contributed by atoms with E-state index in [2.05, 4.69) is 0 Å². The maximum atomic E-state index is 12.5. The minimum absolute atomic E-state index is 0.188. The Bertz CT molecular complexity index is 373. The van der Waals surface area contributed by atoms with Crippen LogP contribution in [0.1, 0.15) is 60.8 Å². The van der Waals surface area contributed by atoms with E-state index in [0.29, 0.717) is 6.42 Å². The van der Waals surface area contributed by atoms with E-state index in [1.807, 2.05) is 20.8 Å². The van der Waals surface area contributed by atoms with Gasteiger partial charge in [-0.15, -0.1) is 0 Å². The molecule has 4 nitrogen and oxygen atoms in total. The zero-order valence-electron chi connectivity index (χ0n) is 12.9. The van der Waals surface area contributed by atoms with Crippen LogP contribution in [0.15, 0.2) is 0 Å². The molecule has 19 heavy (non-hydrogen) atoms. The summed E-state index contributed by atoms with van der Waals surface area (Å²) in [6.45, 7) is 11.3. The number of rotatable bonds is 2. The molecule has 1 aliphatic carbocycles. The fraction of sp³-hybridized carbons (Fsp3) is 0.867. The van der Waals surface area contributed by atoms with Crippen LogP contribution >= 0.6 is 0 Å². The quantitative estimate of drug-likeness (QED) is 0.618. The standard InChI is InChI=1S/C15H26O4/c1-13(2,3)10-8-7-9-15(10,11(16)17)12(18)19-14(4,5)6/h10H,7-9H2,1-6H3,(H,16,17). The van der Waals surface area contributed by atoms with Gasteiger partial charge in [-0.25, -0.2) is 0 Å². The normalized spacial score (nSPS) is 28.2. The number of aliphatic carboxylic acids is 1. The molecule has 2 unspecified atom stereocenters. The van der Waals surface area contributed by atoms with Crippen molar-refractivity contribution in [3.63, 3.8) is 0 Å². The molecule has 1 aliphatic rings. The Morgan fingerprint density at radius 2 is 1.68 bits per heavy atom. The molecule has 1 rings (SSSR count). The zero-order valence-corrected chi connectivity index (χ0v) is 12.9. The first kappa shape index (κ1) is 16.0. The van der Waals surface area contributed by atoms with Crippen LogP contribution in [-0.4, -0.2) is 22.6 Å². The van der Waals surface area contributed by atoms with Gasteiger partial charge in [0.05, 0.1) is 0 Å². The van der Waals surface area contributed by atoms with Crippen molar-refractivity contribution in [1.82, 2.24) is 0 Å². The molecule has 4 heteroatoms. The predicted molar refractivity (Wildman–Crippen MR) is 72.7 cm³/mol. The molecule has 0 aromatic rings. The van der Waals surface area contributed by atoms with E-state index in [-0.39, 0.29) is 11.3 Å². The first-order chi connectivity index (χ1) is 8.41. The van der Waals surface area contributed by atoms with Gasteiger partial charge < -0.3 is 9.84 Å². The van der Waals surface area contributed by atoms with E-state index in [9.17, 15) is 14.7 Å². The summed E-state index contributed by atoms with van der Waals surface area (Å²) in [4.78, 5) is 24.3. The van der Waals surface area contributed by atoms with E-state index in [1.165, 1.54) is 0 Å². The van der Waals surface area contributed by atoms with Gasteiger partial charge in [0.1, 0.15) is 5.60 Å². The van der Waals surface area contributed by atoms with Crippen molar-refractivity contribution in [2.24, 2.45) is 16.7 Å². The van der Waals surface area contributed by atoms with Gasteiger partial charge in [0, 0.05) is 0 Å². The second kappa shape index (κ2) is 4.80. The van der Waals surface area contributed by atoms with Crippen molar-refractivity contribution in [3.05, 3.63) is 0 Å². The molecular formula is C15H26O4. The monoisotopic (exact) mass is 270 g/mol. The highest BCUT2D eigenvalue weighted by Crippen LogP contribution is 2.53. The summed E-state index contributed by atoms with van der Waals surface area (Å²) in [5, 5.41) is 9.66. The van der Waals surface area contributed by atoms with Gasteiger partial charge >= 0.3 is 11.9 Å². The van der Waals surface area contributed by atoms with Crippen molar-refractivity contribution in [1.29, 1.82) is 0 Å². The fourth-order valence-electron chi connectivity index (χ4n) is 3.13. The van der Waals surface area contributed by atoms with Gasteiger partial charge in [-0.3, -0.25) is 9.59 Å². The van der Waals surface area contributed by atoms with E-state index in [1.54, 1.807) is 20.8 Å². The Balaban J connectivity index is 3.18. The van der Waals surface area contributed by atoms with E-state index in [4.69, 9.17) is 4.74 Å². The molecule has 0 saturated heterocycles. The van der Waals surface area contributed by atoms with Gasteiger partial charge in [0.2, 0.25) is 0 Å². The predicted octanol–water partition coefficient (Wildman–Crippen LogP) is 3.25. The Kier molecular flexibility index (Phi) is 4.04. The van der Waals surface area contributed by atoms with Crippen LogP contribution in [0.3, 0.4) is 0 Å². The summed E-state index contributed by atoms with van der Waals surface area (Å²) in [6.07, 6.45) is 1.89. The Morgan fingerprint density at radius 3 is 2.05 bits per heavy atom. The average molecular weight is 270 g/mol. The molecule has 0 spiro atoms.